The molecule has 0 aliphatic carbocycles. The zero-order valence-corrected chi connectivity index (χ0v) is 23.8. The van der Waals surface area contributed by atoms with E-state index in [-0.39, 0.29) is 28.7 Å². The van der Waals surface area contributed by atoms with E-state index in [9.17, 15) is 9.90 Å². The summed E-state index contributed by atoms with van der Waals surface area (Å²) in [6.07, 6.45) is 0. The molecule has 3 aromatic heterocycles. The second-order valence-corrected chi connectivity index (χ2v) is 12.5. The fraction of sp³-hybridized carbons (Fsp3) is 0.423. The molecular weight excluding hydrogens is 520 g/mol. The Kier molecular flexibility index (Phi) is 7.21. The summed E-state index contributed by atoms with van der Waals surface area (Å²) in [6.45, 7) is 11.4. The van der Waals surface area contributed by atoms with Crippen molar-refractivity contribution >= 4 is 57.6 Å². The largest absolute Gasteiger partial charge is 0.505 e. The number of fused-ring (bicyclic) bond motifs is 1. The average molecular weight is 553 g/mol. The van der Waals surface area contributed by atoms with E-state index in [0.29, 0.717) is 41.7 Å². The van der Waals surface area contributed by atoms with E-state index in [1.807, 2.05) is 7.05 Å². The Morgan fingerprint density at radius 3 is 2.34 bits per heavy atom. The van der Waals surface area contributed by atoms with Crippen molar-refractivity contribution in [3.8, 4) is 5.75 Å². The summed E-state index contributed by atoms with van der Waals surface area (Å²) in [5.74, 6) is 0.573. The van der Waals surface area contributed by atoms with Gasteiger partial charge in [-0.05, 0) is 43.7 Å². The SMILES string of the molecule is Cc1ccc([C@H](Nc2nc3nsnc3nc2Nc2cccc(C(=O)N3CCN(C)CC3)c2O)C(C)(C)C)s1. The molecule has 5 rings (SSSR count). The molecule has 1 aromatic carbocycles. The van der Waals surface area contributed by atoms with Crippen LogP contribution in [-0.4, -0.2) is 72.8 Å². The molecule has 1 atom stereocenters. The van der Waals surface area contributed by atoms with Crippen molar-refractivity contribution in [3.05, 3.63) is 45.6 Å². The number of aryl methyl sites for hydroxylation is 1. The number of anilines is 3. The lowest BCUT2D eigenvalue weighted by atomic mass is 9.86. The van der Waals surface area contributed by atoms with Gasteiger partial charge < -0.3 is 25.5 Å². The summed E-state index contributed by atoms with van der Waals surface area (Å²) >= 11 is 2.78. The Hall–Kier alpha value is -3.35. The van der Waals surface area contributed by atoms with Gasteiger partial charge in [0.1, 0.15) is 0 Å². The molecule has 4 aromatic rings. The van der Waals surface area contributed by atoms with E-state index in [2.05, 4.69) is 69.1 Å². The second kappa shape index (κ2) is 10.4. The van der Waals surface area contributed by atoms with Crippen LogP contribution in [0.1, 0.15) is 46.9 Å². The number of hydrogen-bond acceptors (Lipinski definition) is 11. The first kappa shape index (κ1) is 26.3. The number of para-hydroxylation sites is 1. The fourth-order valence-corrected chi connectivity index (χ4v) is 6.02. The number of hydrogen-bond donors (Lipinski definition) is 3. The van der Waals surface area contributed by atoms with Crippen molar-refractivity contribution in [2.24, 2.45) is 5.41 Å². The molecule has 1 aliphatic rings. The molecule has 1 fully saturated rings. The molecule has 12 heteroatoms. The van der Waals surface area contributed by atoms with Gasteiger partial charge in [-0.1, -0.05) is 26.8 Å². The number of phenols is 1. The van der Waals surface area contributed by atoms with E-state index in [0.717, 1.165) is 24.8 Å². The van der Waals surface area contributed by atoms with E-state index in [1.54, 1.807) is 34.4 Å². The highest BCUT2D eigenvalue weighted by atomic mass is 32.1. The van der Waals surface area contributed by atoms with Crippen molar-refractivity contribution in [2.75, 3.05) is 43.9 Å². The molecule has 200 valence electrons. The quantitative estimate of drug-likeness (QED) is 0.287. The summed E-state index contributed by atoms with van der Waals surface area (Å²) in [5.41, 5.74) is 1.33. The van der Waals surface area contributed by atoms with Gasteiger partial charge in [-0.2, -0.15) is 8.75 Å². The van der Waals surface area contributed by atoms with Crippen LogP contribution in [0, 0.1) is 12.3 Å². The van der Waals surface area contributed by atoms with Gasteiger partial charge in [0.05, 0.1) is 29.0 Å². The van der Waals surface area contributed by atoms with Crippen molar-refractivity contribution in [1.82, 2.24) is 28.5 Å². The van der Waals surface area contributed by atoms with E-state index in [1.165, 1.54) is 9.75 Å². The van der Waals surface area contributed by atoms with Gasteiger partial charge in [0.15, 0.2) is 17.4 Å². The predicted molar refractivity (Wildman–Crippen MR) is 153 cm³/mol. The third-order valence-corrected chi connectivity index (χ3v) is 8.19. The van der Waals surface area contributed by atoms with E-state index < -0.39 is 0 Å². The highest BCUT2D eigenvalue weighted by molar-refractivity contribution is 7.12. The Morgan fingerprint density at radius 1 is 1.03 bits per heavy atom. The molecule has 0 radical (unpaired) electrons. The Labute approximate surface area is 230 Å². The molecule has 4 heterocycles. The van der Waals surface area contributed by atoms with Gasteiger partial charge in [0, 0.05) is 35.9 Å². The first-order valence-corrected chi connectivity index (χ1v) is 14.0. The summed E-state index contributed by atoms with van der Waals surface area (Å²) in [4.78, 5) is 29.0. The van der Waals surface area contributed by atoms with Crippen molar-refractivity contribution in [2.45, 2.75) is 33.7 Å². The fourth-order valence-electron chi connectivity index (χ4n) is 4.41. The minimum absolute atomic E-state index is 0.0566. The molecule has 0 unspecified atom stereocenters. The van der Waals surface area contributed by atoms with Crippen LogP contribution < -0.4 is 10.6 Å². The number of carbonyl (C=O) groups is 1. The number of likely N-dealkylation sites (N-methyl/N-ethyl adjacent to an activating group) is 1. The molecule has 10 nitrogen and oxygen atoms in total. The molecule has 1 aliphatic heterocycles. The number of aromatic hydroxyl groups is 1. The van der Waals surface area contributed by atoms with E-state index >= 15 is 0 Å². The number of aromatic nitrogens is 4. The number of benzene rings is 1. The monoisotopic (exact) mass is 552 g/mol. The number of rotatable bonds is 6. The Balaban J connectivity index is 1.49. The van der Waals surface area contributed by atoms with Crippen LogP contribution in [0.25, 0.3) is 11.3 Å². The summed E-state index contributed by atoms with van der Waals surface area (Å²) in [5, 5.41) is 17.9. The van der Waals surface area contributed by atoms with Gasteiger partial charge in [-0.25, -0.2) is 9.97 Å². The zero-order valence-electron chi connectivity index (χ0n) is 22.1. The number of thiophene rings is 1. The van der Waals surface area contributed by atoms with Crippen LogP contribution in [0.2, 0.25) is 0 Å². The normalized spacial score (nSPS) is 15.6. The lowest BCUT2D eigenvalue weighted by molar-refractivity contribution is 0.0661. The molecule has 38 heavy (non-hydrogen) atoms. The Morgan fingerprint density at radius 2 is 1.71 bits per heavy atom. The number of carbonyl (C=O) groups excluding carboxylic acids is 1. The van der Waals surface area contributed by atoms with Crippen LogP contribution in [0.5, 0.6) is 5.75 Å². The molecular formula is C26H32N8O2S2. The molecule has 1 amide bonds. The maximum atomic E-state index is 13.2. The number of amides is 1. The first-order valence-electron chi connectivity index (χ1n) is 12.5. The van der Waals surface area contributed by atoms with Crippen molar-refractivity contribution < 1.29 is 9.90 Å². The standard InChI is InChI=1S/C26H32N8O2S2/c1-15-9-10-18(37-15)20(26(2,3)4)28-22-21(29-23-24(30-22)32-38-31-23)27-17-8-6-7-16(19(17)35)25(36)34-13-11-33(5)12-14-34/h6-10,20,35H,11-14H2,1-5H3,(H,27,29,31)(H,28,30,32)/t20-/m0/s1. The van der Waals surface area contributed by atoms with Crippen LogP contribution in [0.3, 0.4) is 0 Å². The lowest BCUT2D eigenvalue weighted by Gasteiger charge is -2.32. The first-order chi connectivity index (χ1) is 18.1. The number of phenolic OH excluding ortho intramolecular Hbond substituents is 1. The molecule has 3 N–H and O–H groups in total. The highest BCUT2D eigenvalue weighted by Gasteiger charge is 2.30. The predicted octanol–water partition coefficient (Wildman–Crippen LogP) is 4.89. The number of nitrogens with zero attached hydrogens (tertiary/aromatic N) is 6. The van der Waals surface area contributed by atoms with Gasteiger partial charge in [-0.3, -0.25) is 4.79 Å². The average Bonchev–Trinajstić information content (AvgIpc) is 3.51. The van der Waals surface area contributed by atoms with E-state index in [4.69, 9.17) is 4.98 Å². The third-order valence-electron chi connectivity index (χ3n) is 6.62. The van der Waals surface area contributed by atoms with Crippen LogP contribution >= 0.6 is 23.1 Å². The third kappa shape index (κ3) is 5.42. The van der Waals surface area contributed by atoms with Gasteiger partial charge in [-0.15, -0.1) is 11.3 Å². The molecule has 0 saturated carbocycles. The van der Waals surface area contributed by atoms with Gasteiger partial charge in [0.25, 0.3) is 5.91 Å². The van der Waals surface area contributed by atoms with Crippen LogP contribution in [-0.2, 0) is 0 Å². The second-order valence-electron chi connectivity index (χ2n) is 10.6. The smallest absolute Gasteiger partial charge is 0.257 e. The Bertz CT molecular complexity index is 1450. The summed E-state index contributed by atoms with van der Waals surface area (Å²) in [6, 6.07) is 9.30. The zero-order chi connectivity index (χ0) is 27.0. The molecule has 0 spiro atoms. The maximum Gasteiger partial charge on any atom is 0.257 e. The molecule has 1 saturated heterocycles. The van der Waals surface area contributed by atoms with Crippen molar-refractivity contribution in [1.29, 1.82) is 0 Å². The minimum atomic E-state index is -0.191. The minimum Gasteiger partial charge on any atom is -0.505 e. The lowest BCUT2D eigenvalue weighted by Crippen LogP contribution is -2.47. The molecule has 0 bridgehead atoms. The van der Waals surface area contributed by atoms with Crippen molar-refractivity contribution in [3.63, 3.8) is 0 Å². The number of nitrogens with one attached hydrogen (secondary N) is 2. The maximum absolute atomic E-state index is 13.2. The summed E-state index contributed by atoms with van der Waals surface area (Å²) < 4.78 is 8.53. The van der Waals surface area contributed by atoms with Crippen LogP contribution in [0.4, 0.5) is 17.3 Å². The highest BCUT2D eigenvalue weighted by Crippen LogP contribution is 2.41. The van der Waals surface area contributed by atoms with Gasteiger partial charge in [0.2, 0.25) is 11.3 Å². The summed E-state index contributed by atoms with van der Waals surface area (Å²) in [7, 11) is 2.04. The topological polar surface area (TPSA) is 119 Å². The van der Waals surface area contributed by atoms with Gasteiger partial charge >= 0.3 is 0 Å². The van der Waals surface area contributed by atoms with Crippen LogP contribution in [0.15, 0.2) is 30.3 Å². The number of piperazine rings is 1.